The predicted molar refractivity (Wildman–Crippen MR) is 79.3 cm³/mol. The Morgan fingerprint density at radius 3 is 2.41 bits per heavy atom. The van der Waals surface area contributed by atoms with Gasteiger partial charge in [-0.3, -0.25) is 0 Å². The third kappa shape index (κ3) is 3.97. The highest BCUT2D eigenvalue weighted by molar-refractivity contribution is 9.10. The highest BCUT2D eigenvalue weighted by Crippen LogP contribution is 2.36. The summed E-state index contributed by atoms with van der Waals surface area (Å²) in [6, 6.07) is 5.79. The molecule has 0 saturated carbocycles. The number of hydrogen-bond donors (Lipinski definition) is 1. The maximum absolute atomic E-state index is 6.28. The van der Waals surface area contributed by atoms with E-state index in [0.717, 1.165) is 21.5 Å². The SMILES string of the molecule is CC(CC(N)c1c(Cl)cccc1Br)C(C)(C)C. The molecule has 2 atom stereocenters. The van der Waals surface area contributed by atoms with E-state index < -0.39 is 0 Å². The number of halogens is 2. The average Bonchev–Trinajstić information content (AvgIpc) is 2.15. The molecule has 0 amide bonds. The van der Waals surface area contributed by atoms with Gasteiger partial charge in [0.2, 0.25) is 0 Å². The molecule has 1 aromatic carbocycles. The van der Waals surface area contributed by atoms with Crippen LogP contribution in [-0.2, 0) is 0 Å². The molecule has 2 N–H and O–H groups in total. The lowest BCUT2D eigenvalue weighted by atomic mass is 9.78. The number of hydrogen-bond acceptors (Lipinski definition) is 1. The minimum atomic E-state index is -0.0210. The van der Waals surface area contributed by atoms with Crippen molar-refractivity contribution in [3.63, 3.8) is 0 Å². The van der Waals surface area contributed by atoms with E-state index in [4.69, 9.17) is 17.3 Å². The second-order valence-electron chi connectivity index (χ2n) is 5.74. The van der Waals surface area contributed by atoms with Crippen LogP contribution in [0, 0.1) is 11.3 Å². The van der Waals surface area contributed by atoms with Gasteiger partial charge in [0.05, 0.1) is 0 Å². The molecule has 0 bridgehead atoms. The predicted octanol–water partition coefficient (Wildman–Crippen LogP) is 5.17. The molecule has 17 heavy (non-hydrogen) atoms. The summed E-state index contributed by atoms with van der Waals surface area (Å²) < 4.78 is 0.999. The van der Waals surface area contributed by atoms with E-state index in [1.807, 2.05) is 18.2 Å². The molecule has 3 heteroatoms. The fourth-order valence-electron chi connectivity index (χ4n) is 1.72. The topological polar surface area (TPSA) is 26.0 Å². The van der Waals surface area contributed by atoms with Crippen LogP contribution < -0.4 is 5.73 Å². The largest absolute Gasteiger partial charge is 0.324 e. The molecule has 1 aromatic rings. The summed E-state index contributed by atoms with van der Waals surface area (Å²) in [6.45, 7) is 8.97. The van der Waals surface area contributed by atoms with Crippen molar-refractivity contribution in [3.8, 4) is 0 Å². The Kier molecular flexibility index (Phi) is 5.06. The molecule has 1 nitrogen and oxygen atoms in total. The first-order valence-electron chi connectivity index (χ1n) is 5.93. The van der Waals surface area contributed by atoms with Gasteiger partial charge in [-0.1, -0.05) is 61.3 Å². The van der Waals surface area contributed by atoms with Gasteiger partial charge in [-0.2, -0.15) is 0 Å². The molecule has 0 fully saturated rings. The van der Waals surface area contributed by atoms with Crippen molar-refractivity contribution in [1.82, 2.24) is 0 Å². The Balaban J connectivity index is 2.87. The van der Waals surface area contributed by atoms with Crippen LogP contribution >= 0.6 is 27.5 Å². The molecule has 2 unspecified atom stereocenters. The molecule has 0 spiro atoms. The lowest BCUT2D eigenvalue weighted by Crippen LogP contribution is -2.23. The van der Waals surface area contributed by atoms with Gasteiger partial charge in [-0.15, -0.1) is 0 Å². The van der Waals surface area contributed by atoms with Crippen LogP contribution in [0.3, 0.4) is 0 Å². The Morgan fingerprint density at radius 1 is 1.35 bits per heavy atom. The maximum Gasteiger partial charge on any atom is 0.0465 e. The molecule has 0 aliphatic rings. The summed E-state index contributed by atoms with van der Waals surface area (Å²) in [5, 5.41) is 0.744. The summed E-state index contributed by atoms with van der Waals surface area (Å²) in [6.07, 6.45) is 0.936. The molecule has 0 radical (unpaired) electrons. The van der Waals surface area contributed by atoms with Crippen molar-refractivity contribution >= 4 is 27.5 Å². The summed E-state index contributed by atoms with van der Waals surface area (Å²) >= 11 is 9.74. The van der Waals surface area contributed by atoms with Crippen molar-refractivity contribution in [2.75, 3.05) is 0 Å². The first kappa shape index (κ1) is 15.0. The molecule has 96 valence electrons. The minimum absolute atomic E-state index is 0.0210. The van der Waals surface area contributed by atoms with Gasteiger partial charge in [0, 0.05) is 21.1 Å². The second kappa shape index (κ2) is 5.73. The fourth-order valence-corrected chi connectivity index (χ4v) is 2.81. The molecule has 1 rings (SSSR count). The van der Waals surface area contributed by atoms with Crippen LogP contribution in [0.25, 0.3) is 0 Å². The Bertz CT molecular complexity index is 364. The van der Waals surface area contributed by atoms with Crippen molar-refractivity contribution in [2.45, 2.75) is 40.2 Å². The third-order valence-electron chi connectivity index (χ3n) is 3.46. The van der Waals surface area contributed by atoms with Crippen molar-refractivity contribution < 1.29 is 0 Å². The smallest absolute Gasteiger partial charge is 0.0465 e. The first-order chi connectivity index (χ1) is 7.73. The zero-order valence-electron chi connectivity index (χ0n) is 10.9. The van der Waals surface area contributed by atoms with Crippen LogP contribution in [0.15, 0.2) is 22.7 Å². The quantitative estimate of drug-likeness (QED) is 0.817. The van der Waals surface area contributed by atoms with E-state index in [9.17, 15) is 0 Å². The van der Waals surface area contributed by atoms with Crippen LogP contribution in [0.2, 0.25) is 5.02 Å². The van der Waals surface area contributed by atoms with Crippen molar-refractivity contribution in [3.05, 3.63) is 33.3 Å². The molecule has 0 heterocycles. The van der Waals surface area contributed by atoms with E-state index in [-0.39, 0.29) is 11.5 Å². The van der Waals surface area contributed by atoms with Gasteiger partial charge in [-0.25, -0.2) is 0 Å². The zero-order valence-corrected chi connectivity index (χ0v) is 13.3. The van der Waals surface area contributed by atoms with E-state index in [1.54, 1.807) is 0 Å². The number of benzene rings is 1. The highest BCUT2D eigenvalue weighted by atomic mass is 79.9. The standard InChI is InChI=1S/C14H21BrClN/c1-9(14(2,3)4)8-12(17)13-10(15)6-5-7-11(13)16/h5-7,9,12H,8,17H2,1-4H3. The monoisotopic (exact) mass is 317 g/mol. The summed E-state index contributed by atoms with van der Waals surface area (Å²) in [4.78, 5) is 0. The number of rotatable bonds is 3. The van der Waals surface area contributed by atoms with Gasteiger partial charge in [0.15, 0.2) is 0 Å². The zero-order chi connectivity index (χ0) is 13.2. The second-order valence-corrected chi connectivity index (χ2v) is 7.01. The molecular weight excluding hydrogens is 298 g/mol. The van der Waals surface area contributed by atoms with E-state index in [1.165, 1.54) is 0 Å². The summed E-state index contributed by atoms with van der Waals surface area (Å²) in [5.74, 6) is 0.542. The van der Waals surface area contributed by atoms with Crippen molar-refractivity contribution in [1.29, 1.82) is 0 Å². The van der Waals surface area contributed by atoms with Gasteiger partial charge >= 0.3 is 0 Å². The fraction of sp³-hybridized carbons (Fsp3) is 0.571. The van der Waals surface area contributed by atoms with Gasteiger partial charge in [0.25, 0.3) is 0 Å². The Morgan fingerprint density at radius 2 is 1.94 bits per heavy atom. The first-order valence-corrected chi connectivity index (χ1v) is 7.10. The molecular formula is C14H21BrClN. The Hall–Kier alpha value is -0.0500. The van der Waals surface area contributed by atoms with Gasteiger partial charge in [0.1, 0.15) is 0 Å². The van der Waals surface area contributed by atoms with Crippen LogP contribution in [-0.4, -0.2) is 0 Å². The minimum Gasteiger partial charge on any atom is -0.324 e. The van der Waals surface area contributed by atoms with E-state index >= 15 is 0 Å². The third-order valence-corrected chi connectivity index (χ3v) is 4.48. The summed E-state index contributed by atoms with van der Waals surface area (Å²) in [5.41, 5.74) is 7.57. The van der Waals surface area contributed by atoms with E-state index in [2.05, 4.69) is 43.6 Å². The average molecular weight is 319 g/mol. The van der Waals surface area contributed by atoms with Crippen LogP contribution in [0.4, 0.5) is 0 Å². The van der Waals surface area contributed by atoms with E-state index in [0.29, 0.717) is 5.92 Å². The lowest BCUT2D eigenvalue weighted by Gasteiger charge is -2.30. The van der Waals surface area contributed by atoms with Crippen molar-refractivity contribution in [2.24, 2.45) is 17.1 Å². The molecule has 0 aromatic heterocycles. The molecule has 0 aliphatic carbocycles. The normalized spacial score (nSPS) is 15.7. The number of nitrogens with two attached hydrogens (primary N) is 1. The maximum atomic E-state index is 6.28. The summed E-state index contributed by atoms with van der Waals surface area (Å²) in [7, 11) is 0. The van der Waals surface area contributed by atoms with Crippen LogP contribution in [0.5, 0.6) is 0 Å². The van der Waals surface area contributed by atoms with Crippen LogP contribution in [0.1, 0.15) is 45.7 Å². The molecule has 0 saturated heterocycles. The molecule has 0 aliphatic heterocycles. The highest BCUT2D eigenvalue weighted by Gasteiger charge is 2.24. The van der Waals surface area contributed by atoms with Gasteiger partial charge in [-0.05, 0) is 29.9 Å². The Labute approximate surface area is 118 Å². The lowest BCUT2D eigenvalue weighted by molar-refractivity contribution is 0.233. The van der Waals surface area contributed by atoms with Gasteiger partial charge < -0.3 is 5.73 Å².